The Bertz CT molecular complexity index is 1670. The lowest BCUT2D eigenvalue weighted by atomic mass is 10.1. The second-order valence-electron chi connectivity index (χ2n) is 9.39. The summed E-state index contributed by atoms with van der Waals surface area (Å²) in [5.74, 6) is 0. The molecule has 218 valence electrons. The third kappa shape index (κ3) is 6.88. The fourth-order valence-corrected chi connectivity index (χ4v) is 5.34. The summed E-state index contributed by atoms with van der Waals surface area (Å²) >= 11 is 7.38. The number of alkyl halides is 6. The lowest BCUT2D eigenvalue weighted by Crippen LogP contribution is -2.36. The van der Waals surface area contributed by atoms with Crippen LogP contribution in [0.2, 0.25) is 5.02 Å². The Kier molecular flexibility index (Phi) is 8.20. The Morgan fingerprint density at radius 3 is 2.19 bits per heavy atom. The predicted molar refractivity (Wildman–Crippen MR) is 150 cm³/mol. The maximum absolute atomic E-state index is 13.4. The monoisotopic (exact) mass is 622 g/mol. The van der Waals surface area contributed by atoms with Gasteiger partial charge >= 0.3 is 18.4 Å². The number of nitrogens with one attached hydrogen (secondary N) is 1. The van der Waals surface area contributed by atoms with Crippen molar-refractivity contribution in [2.75, 3.05) is 11.9 Å². The number of carbonyl (C=O) groups is 1. The molecule has 2 amide bonds. The van der Waals surface area contributed by atoms with Crippen LogP contribution in [0.15, 0.2) is 84.4 Å². The molecule has 0 bridgehead atoms. The molecule has 3 aromatic carbocycles. The van der Waals surface area contributed by atoms with Crippen molar-refractivity contribution in [1.82, 2.24) is 14.3 Å². The van der Waals surface area contributed by atoms with Crippen molar-refractivity contribution in [3.8, 4) is 11.3 Å². The zero-order valence-electron chi connectivity index (χ0n) is 21.5. The molecule has 0 fully saturated rings. The van der Waals surface area contributed by atoms with Gasteiger partial charge in [0.25, 0.3) is 0 Å². The largest absolute Gasteiger partial charge is 0.416 e. The smallest absolute Gasteiger partial charge is 0.320 e. The molecule has 0 aliphatic carbocycles. The Balaban J connectivity index is 1.39. The molecular weight excluding hydrogens is 602 g/mol. The molecule has 0 atom stereocenters. The average Bonchev–Trinajstić information content (AvgIpc) is 3.52. The summed E-state index contributed by atoms with van der Waals surface area (Å²) in [7, 11) is 0. The van der Waals surface area contributed by atoms with E-state index in [1.54, 1.807) is 42.5 Å². The van der Waals surface area contributed by atoms with Crippen molar-refractivity contribution in [2.45, 2.75) is 25.3 Å². The minimum Gasteiger partial charge on any atom is -0.320 e. The SMILES string of the molecule is O=C(Nc1cc(C(F)(F)F)cc(C(F)(F)F)c1)N(CCc1csc2nc(-c3ccc(Cl)cc3)cn12)Cc1ccccc1. The van der Waals surface area contributed by atoms with Gasteiger partial charge in [0, 0.05) is 53.1 Å². The van der Waals surface area contributed by atoms with Crippen molar-refractivity contribution in [3.05, 3.63) is 112 Å². The van der Waals surface area contributed by atoms with Gasteiger partial charge in [0.1, 0.15) is 0 Å². The molecule has 0 saturated heterocycles. The number of fused-ring (bicyclic) bond motifs is 1. The second kappa shape index (κ2) is 11.7. The summed E-state index contributed by atoms with van der Waals surface area (Å²) in [5, 5.41) is 4.72. The quantitative estimate of drug-likeness (QED) is 0.184. The summed E-state index contributed by atoms with van der Waals surface area (Å²) in [5.41, 5.74) is -0.489. The number of thiazole rings is 1. The lowest BCUT2D eigenvalue weighted by molar-refractivity contribution is -0.143. The van der Waals surface area contributed by atoms with Crippen LogP contribution in [0.25, 0.3) is 16.2 Å². The third-order valence-corrected chi connectivity index (χ3v) is 7.54. The Labute approximate surface area is 245 Å². The van der Waals surface area contributed by atoms with Gasteiger partial charge in [0.15, 0.2) is 4.96 Å². The van der Waals surface area contributed by atoms with E-state index in [1.807, 2.05) is 28.1 Å². The Hall–Kier alpha value is -4.03. The van der Waals surface area contributed by atoms with Crippen LogP contribution in [-0.2, 0) is 25.3 Å². The van der Waals surface area contributed by atoms with E-state index in [4.69, 9.17) is 11.6 Å². The van der Waals surface area contributed by atoms with E-state index in [9.17, 15) is 31.1 Å². The number of imidazole rings is 1. The Morgan fingerprint density at radius 1 is 0.929 bits per heavy atom. The second-order valence-corrected chi connectivity index (χ2v) is 10.7. The van der Waals surface area contributed by atoms with Crippen molar-refractivity contribution in [2.24, 2.45) is 0 Å². The van der Waals surface area contributed by atoms with E-state index >= 15 is 0 Å². The highest BCUT2D eigenvalue weighted by molar-refractivity contribution is 7.15. The van der Waals surface area contributed by atoms with Gasteiger partial charge in [0.05, 0.1) is 16.8 Å². The number of halogens is 7. The summed E-state index contributed by atoms with van der Waals surface area (Å²) < 4.78 is 82.0. The standard InChI is InChI=1S/C29H21ClF6N4OS/c30-22-8-6-19(7-9-22)25-16-40-24(17-42-27(40)38-25)10-11-39(15-18-4-2-1-3-5-18)26(41)37-23-13-20(28(31,32)33)12-21(14-23)29(34,35)36/h1-9,12-14,16-17H,10-11,15H2,(H,37,41). The summed E-state index contributed by atoms with van der Waals surface area (Å²) in [6.45, 7) is 0.192. The number of hydrogen-bond acceptors (Lipinski definition) is 3. The van der Waals surface area contributed by atoms with E-state index in [0.29, 0.717) is 23.6 Å². The van der Waals surface area contributed by atoms with Gasteiger partial charge in [-0.15, -0.1) is 11.3 Å². The third-order valence-electron chi connectivity index (χ3n) is 6.40. The lowest BCUT2D eigenvalue weighted by Gasteiger charge is -2.24. The number of urea groups is 1. The van der Waals surface area contributed by atoms with Crippen molar-refractivity contribution in [1.29, 1.82) is 0 Å². The van der Waals surface area contributed by atoms with Crippen LogP contribution >= 0.6 is 22.9 Å². The molecule has 0 aliphatic rings. The van der Waals surface area contributed by atoms with Gasteiger partial charge in [0.2, 0.25) is 0 Å². The summed E-state index contributed by atoms with van der Waals surface area (Å²) in [6, 6.07) is 16.2. The number of amides is 2. The minimum absolute atomic E-state index is 0.0165. The number of aromatic nitrogens is 2. The highest BCUT2D eigenvalue weighted by Crippen LogP contribution is 2.37. The topological polar surface area (TPSA) is 49.6 Å². The van der Waals surface area contributed by atoms with Crippen molar-refractivity contribution >= 4 is 39.6 Å². The van der Waals surface area contributed by atoms with E-state index in [-0.39, 0.29) is 19.2 Å². The molecule has 0 radical (unpaired) electrons. The first-order valence-electron chi connectivity index (χ1n) is 12.5. The number of carbonyl (C=O) groups excluding carboxylic acids is 1. The van der Waals surface area contributed by atoms with Crippen LogP contribution < -0.4 is 5.32 Å². The zero-order chi connectivity index (χ0) is 30.1. The van der Waals surface area contributed by atoms with E-state index < -0.39 is 35.2 Å². The van der Waals surface area contributed by atoms with E-state index in [1.165, 1.54) is 16.2 Å². The highest BCUT2D eigenvalue weighted by atomic mass is 35.5. The molecule has 0 aliphatic heterocycles. The fraction of sp³-hybridized carbons (Fsp3) is 0.172. The molecule has 5 rings (SSSR count). The minimum atomic E-state index is -5.04. The molecule has 0 saturated carbocycles. The molecule has 42 heavy (non-hydrogen) atoms. The maximum atomic E-state index is 13.4. The molecule has 13 heteroatoms. The number of hydrogen-bond donors (Lipinski definition) is 1. The van der Waals surface area contributed by atoms with Gasteiger partial charge in [-0.3, -0.25) is 4.40 Å². The fourth-order valence-electron chi connectivity index (χ4n) is 4.30. The van der Waals surface area contributed by atoms with Crippen LogP contribution in [0.4, 0.5) is 36.8 Å². The first-order valence-corrected chi connectivity index (χ1v) is 13.7. The first-order chi connectivity index (χ1) is 19.9. The highest BCUT2D eigenvalue weighted by Gasteiger charge is 2.37. The average molecular weight is 623 g/mol. The molecule has 0 spiro atoms. The van der Waals surface area contributed by atoms with Gasteiger partial charge in [-0.1, -0.05) is 54.1 Å². The van der Waals surface area contributed by atoms with Crippen LogP contribution in [-0.4, -0.2) is 26.9 Å². The van der Waals surface area contributed by atoms with E-state index in [0.717, 1.165) is 27.5 Å². The predicted octanol–water partition coefficient (Wildman–Crippen LogP) is 9.03. The maximum Gasteiger partial charge on any atom is 0.416 e. The van der Waals surface area contributed by atoms with Crippen LogP contribution in [0, 0.1) is 0 Å². The van der Waals surface area contributed by atoms with Gasteiger partial charge in [-0.05, 0) is 35.9 Å². The molecule has 0 unspecified atom stereocenters. The van der Waals surface area contributed by atoms with Crippen molar-refractivity contribution < 1.29 is 31.1 Å². The molecule has 2 heterocycles. The molecular formula is C29H21ClF6N4OS. The van der Waals surface area contributed by atoms with Gasteiger partial charge < -0.3 is 10.2 Å². The van der Waals surface area contributed by atoms with Crippen LogP contribution in [0.3, 0.4) is 0 Å². The molecule has 5 aromatic rings. The molecule has 5 nitrogen and oxygen atoms in total. The molecule has 1 N–H and O–H groups in total. The Morgan fingerprint density at radius 2 is 1.57 bits per heavy atom. The zero-order valence-corrected chi connectivity index (χ0v) is 23.1. The summed E-state index contributed by atoms with van der Waals surface area (Å²) in [6.07, 6.45) is -7.88. The van der Waals surface area contributed by atoms with Gasteiger partial charge in [-0.25, -0.2) is 9.78 Å². The van der Waals surface area contributed by atoms with Crippen LogP contribution in [0.5, 0.6) is 0 Å². The molecule has 2 aromatic heterocycles. The number of anilines is 1. The normalized spacial score (nSPS) is 12.1. The number of nitrogens with zero attached hydrogens (tertiary/aromatic N) is 3. The number of benzene rings is 3. The van der Waals surface area contributed by atoms with Crippen LogP contribution in [0.1, 0.15) is 22.4 Å². The first kappa shape index (κ1) is 29.5. The number of rotatable bonds is 7. The summed E-state index contributed by atoms with van der Waals surface area (Å²) in [4.78, 5) is 20.0. The van der Waals surface area contributed by atoms with Crippen molar-refractivity contribution in [3.63, 3.8) is 0 Å². The van der Waals surface area contributed by atoms with E-state index in [2.05, 4.69) is 10.3 Å². The van der Waals surface area contributed by atoms with Gasteiger partial charge in [-0.2, -0.15) is 26.3 Å².